The number of ether oxygens (including phenoxy) is 3. The van der Waals surface area contributed by atoms with E-state index in [-0.39, 0.29) is 0 Å². The van der Waals surface area contributed by atoms with Gasteiger partial charge < -0.3 is 14.2 Å². The maximum Gasteiger partial charge on any atom is 0.274 e. The lowest BCUT2D eigenvalue weighted by molar-refractivity contribution is 0.174. The van der Waals surface area contributed by atoms with Crippen molar-refractivity contribution in [1.82, 2.24) is 4.98 Å². The minimum atomic E-state index is 0.591. The Hall–Kier alpha value is -1.49. The van der Waals surface area contributed by atoms with Crippen molar-refractivity contribution in [3.8, 4) is 16.7 Å². The van der Waals surface area contributed by atoms with Crippen molar-refractivity contribution in [2.45, 2.75) is 6.92 Å². The number of benzene rings is 1. The summed E-state index contributed by atoms with van der Waals surface area (Å²) in [5.74, 6) is 1.60. The molecule has 0 unspecified atom stereocenters. The lowest BCUT2D eigenvalue weighted by atomic mass is 10.3. The third kappa shape index (κ3) is 1.48. The van der Waals surface area contributed by atoms with Crippen LogP contribution in [0.3, 0.4) is 0 Å². The van der Waals surface area contributed by atoms with Crippen LogP contribution in [-0.4, -0.2) is 24.8 Å². The van der Waals surface area contributed by atoms with E-state index in [2.05, 4.69) is 4.98 Å². The first-order valence-electron chi connectivity index (χ1n) is 5.20. The third-order valence-electron chi connectivity index (χ3n) is 2.31. The van der Waals surface area contributed by atoms with Crippen molar-refractivity contribution in [3.63, 3.8) is 0 Å². The molecule has 1 aromatic carbocycles. The number of nitrogens with zero attached hydrogens (tertiary/aromatic N) is 1. The molecule has 0 bridgehead atoms. The fourth-order valence-electron chi connectivity index (χ4n) is 1.66. The molecule has 1 aliphatic rings. The van der Waals surface area contributed by atoms with Crippen LogP contribution in [0.15, 0.2) is 12.1 Å². The Balaban J connectivity index is 2.15. The Morgan fingerprint density at radius 1 is 1.38 bits per heavy atom. The predicted octanol–water partition coefficient (Wildman–Crippen LogP) is 2.47. The number of fused-ring (bicyclic) bond motifs is 3. The predicted molar refractivity (Wildman–Crippen MR) is 61.8 cm³/mol. The molecule has 0 radical (unpaired) electrons. The van der Waals surface area contributed by atoms with E-state index in [0.29, 0.717) is 25.0 Å². The van der Waals surface area contributed by atoms with Crippen molar-refractivity contribution in [3.05, 3.63) is 12.1 Å². The lowest BCUT2D eigenvalue weighted by Gasteiger charge is -2.17. The zero-order chi connectivity index (χ0) is 11.0. The van der Waals surface area contributed by atoms with Crippen LogP contribution >= 0.6 is 11.3 Å². The van der Waals surface area contributed by atoms with Crippen molar-refractivity contribution < 1.29 is 14.2 Å². The summed E-state index contributed by atoms with van der Waals surface area (Å²) in [6.45, 7) is 3.77. The SMILES string of the molecule is CCOc1nc2ccc3c(c2s1)OCCO3. The third-order valence-corrected chi connectivity index (χ3v) is 3.29. The van der Waals surface area contributed by atoms with Gasteiger partial charge in [-0.1, -0.05) is 11.3 Å². The van der Waals surface area contributed by atoms with Crippen molar-refractivity contribution in [1.29, 1.82) is 0 Å². The van der Waals surface area contributed by atoms with Crippen LogP contribution in [-0.2, 0) is 0 Å². The molecule has 0 amide bonds. The highest BCUT2D eigenvalue weighted by atomic mass is 32.1. The van der Waals surface area contributed by atoms with E-state index in [1.807, 2.05) is 19.1 Å². The zero-order valence-corrected chi connectivity index (χ0v) is 9.67. The number of rotatable bonds is 2. The van der Waals surface area contributed by atoms with Crippen LogP contribution < -0.4 is 14.2 Å². The molecule has 0 spiro atoms. The summed E-state index contributed by atoms with van der Waals surface area (Å²) in [5, 5.41) is 0.681. The summed E-state index contributed by atoms with van der Waals surface area (Å²) in [5.41, 5.74) is 0.901. The van der Waals surface area contributed by atoms with Gasteiger partial charge in [0.15, 0.2) is 11.5 Å². The van der Waals surface area contributed by atoms with Gasteiger partial charge in [0.25, 0.3) is 5.19 Å². The van der Waals surface area contributed by atoms with Crippen molar-refractivity contribution in [2.75, 3.05) is 19.8 Å². The van der Waals surface area contributed by atoms with Gasteiger partial charge in [0.1, 0.15) is 17.9 Å². The van der Waals surface area contributed by atoms with E-state index >= 15 is 0 Å². The van der Waals surface area contributed by atoms with Gasteiger partial charge in [-0.25, -0.2) is 4.98 Å². The Kier molecular flexibility index (Phi) is 2.32. The normalized spacial score (nSPS) is 14.1. The van der Waals surface area contributed by atoms with Crippen LogP contribution in [0.5, 0.6) is 16.7 Å². The second-order valence-electron chi connectivity index (χ2n) is 3.35. The molecular weight excluding hydrogens is 226 g/mol. The van der Waals surface area contributed by atoms with Crippen LogP contribution in [0, 0.1) is 0 Å². The molecule has 0 aliphatic carbocycles. The molecule has 1 aliphatic heterocycles. The summed E-state index contributed by atoms with van der Waals surface area (Å²) >= 11 is 1.50. The maximum absolute atomic E-state index is 5.62. The van der Waals surface area contributed by atoms with Gasteiger partial charge in [0.05, 0.1) is 12.1 Å². The summed E-state index contributed by atoms with van der Waals surface area (Å²) in [6, 6.07) is 3.83. The number of hydrogen-bond acceptors (Lipinski definition) is 5. The highest BCUT2D eigenvalue weighted by Gasteiger charge is 2.18. The van der Waals surface area contributed by atoms with Crippen molar-refractivity contribution in [2.24, 2.45) is 0 Å². The van der Waals surface area contributed by atoms with Crippen LogP contribution in [0.2, 0.25) is 0 Å². The fraction of sp³-hybridized carbons (Fsp3) is 0.364. The number of aromatic nitrogens is 1. The summed E-state index contributed by atoms with van der Waals surface area (Å²) in [6.07, 6.45) is 0. The molecule has 0 saturated carbocycles. The van der Waals surface area contributed by atoms with Gasteiger partial charge in [-0.05, 0) is 19.1 Å². The molecule has 84 valence electrons. The van der Waals surface area contributed by atoms with E-state index in [1.165, 1.54) is 11.3 Å². The largest absolute Gasteiger partial charge is 0.486 e. The minimum absolute atomic E-state index is 0.591. The van der Waals surface area contributed by atoms with Gasteiger partial charge in [0.2, 0.25) is 0 Å². The van der Waals surface area contributed by atoms with Gasteiger partial charge in [-0.15, -0.1) is 0 Å². The monoisotopic (exact) mass is 237 g/mol. The topological polar surface area (TPSA) is 40.6 Å². The fourth-order valence-corrected chi connectivity index (χ4v) is 2.63. The molecule has 0 N–H and O–H groups in total. The highest BCUT2D eigenvalue weighted by molar-refractivity contribution is 7.20. The molecule has 0 fully saturated rings. The van der Waals surface area contributed by atoms with Crippen LogP contribution in [0.25, 0.3) is 10.2 Å². The summed E-state index contributed by atoms with van der Waals surface area (Å²) in [7, 11) is 0. The Bertz CT molecular complexity index is 523. The number of hydrogen-bond donors (Lipinski definition) is 0. The van der Waals surface area contributed by atoms with E-state index in [9.17, 15) is 0 Å². The standard InChI is InChI=1S/C11H11NO3S/c1-2-13-11-12-7-3-4-8-9(10(7)16-11)15-6-5-14-8/h3-4H,2,5-6H2,1H3. The first kappa shape index (κ1) is 9.72. The summed E-state index contributed by atoms with van der Waals surface area (Å²) < 4.78 is 17.5. The molecule has 5 heteroatoms. The molecule has 0 saturated heterocycles. The Morgan fingerprint density at radius 3 is 3.12 bits per heavy atom. The maximum atomic E-state index is 5.62. The first-order valence-corrected chi connectivity index (χ1v) is 6.02. The minimum Gasteiger partial charge on any atom is -0.486 e. The highest BCUT2D eigenvalue weighted by Crippen LogP contribution is 2.42. The lowest BCUT2D eigenvalue weighted by Crippen LogP contribution is -2.15. The van der Waals surface area contributed by atoms with Gasteiger partial charge >= 0.3 is 0 Å². The van der Waals surface area contributed by atoms with Crippen LogP contribution in [0.1, 0.15) is 6.92 Å². The zero-order valence-electron chi connectivity index (χ0n) is 8.86. The van der Waals surface area contributed by atoms with Gasteiger partial charge in [-0.3, -0.25) is 0 Å². The van der Waals surface area contributed by atoms with E-state index in [0.717, 1.165) is 21.7 Å². The molecule has 4 nitrogen and oxygen atoms in total. The molecule has 3 rings (SSSR count). The number of thiazole rings is 1. The smallest absolute Gasteiger partial charge is 0.274 e. The van der Waals surface area contributed by atoms with E-state index < -0.39 is 0 Å². The molecule has 16 heavy (non-hydrogen) atoms. The van der Waals surface area contributed by atoms with Crippen LogP contribution in [0.4, 0.5) is 0 Å². The van der Waals surface area contributed by atoms with Gasteiger partial charge in [0, 0.05) is 0 Å². The molecule has 2 aromatic rings. The summed E-state index contributed by atoms with van der Waals surface area (Å²) in [4.78, 5) is 4.37. The van der Waals surface area contributed by atoms with Crippen molar-refractivity contribution >= 4 is 21.6 Å². The molecule has 2 heterocycles. The average Bonchev–Trinajstić information content (AvgIpc) is 2.72. The Labute approximate surface area is 96.8 Å². The first-order chi connectivity index (χ1) is 7.88. The second kappa shape index (κ2) is 3.83. The Morgan fingerprint density at radius 2 is 2.25 bits per heavy atom. The average molecular weight is 237 g/mol. The quantitative estimate of drug-likeness (QED) is 0.804. The molecular formula is C11H11NO3S. The molecule has 0 atom stereocenters. The van der Waals surface area contributed by atoms with E-state index in [4.69, 9.17) is 14.2 Å². The van der Waals surface area contributed by atoms with Gasteiger partial charge in [-0.2, -0.15) is 0 Å². The second-order valence-corrected chi connectivity index (χ2v) is 4.31. The van der Waals surface area contributed by atoms with E-state index in [1.54, 1.807) is 0 Å². The molecule has 1 aromatic heterocycles.